The van der Waals surface area contributed by atoms with Crippen LogP contribution in [0.3, 0.4) is 0 Å². The Labute approximate surface area is 156 Å². The average molecular weight is 412 g/mol. The van der Waals surface area contributed by atoms with Crippen LogP contribution in [0, 0.1) is 0 Å². The molecule has 0 aliphatic rings. The first kappa shape index (κ1) is 16.6. The van der Waals surface area contributed by atoms with E-state index in [0.717, 1.165) is 9.86 Å². The second kappa shape index (κ2) is 6.46. The van der Waals surface area contributed by atoms with E-state index in [1.165, 1.54) is 0 Å². The minimum atomic E-state index is -0.670. The Morgan fingerprint density at radius 3 is 2.69 bits per heavy atom. The molecule has 0 amide bonds. The van der Waals surface area contributed by atoms with Crippen molar-refractivity contribution in [3.63, 3.8) is 0 Å². The van der Waals surface area contributed by atoms with Crippen LogP contribution in [0.4, 0.5) is 0 Å². The lowest BCUT2D eigenvalue weighted by molar-refractivity contribution is 0.0525. The van der Waals surface area contributed by atoms with Crippen molar-refractivity contribution in [1.82, 2.24) is 4.98 Å². The number of carbonyl (C=O) groups excluding carboxylic acids is 1. The third-order valence-corrected chi connectivity index (χ3v) is 4.63. The molecule has 5 nitrogen and oxygen atoms in total. The molecule has 2 aromatic heterocycles. The number of carbonyl (C=O) groups is 1. The molecule has 6 heteroatoms. The van der Waals surface area contributed by atoms with Gasteiger partial charge in [0.2, 0.25) is 0 Å². The van der Waals surface area contributed by atoms with Crippen LogP contribution in [0.15, 0.2) is 62.2 Å². The third-order valence-electron chi connectivity index (χ3n) is 4.13. The maximum absolute atomic E-state index is 12.8. The highest BCUT2D eigenvalue weighted by Crippen LogP contribution is 2.36. The second-order valence-corrected chi connectivity index (χ2v) is 6.65. The standard InChI is InChI=1S/C20H14BrNO4/c1-2-25-20(24)16-15(11-6-4-3-5-7-11)18-17(22-19(16)23)13-10-12(21)8-9-14(13)26-18/h3-10H,2H2,1H3,(H,22,23). The van der Waals surface area contributed by atoms with Crippen LogP contribution in [-0.4, -0.2) is 17.6 Å². The van der Waals surface area contributed by atoms with Crippen molar-refractivity contribution >= 4 is 44.0 Å². The molecule has 4 rings (SSSR count). The van der Waals surface area contributed by atoms with Gasteiger partial charge in [-0.25, -0.2) is 4.79 Å². The van der Waals surface area contributed by atoms with Crippen LogP contribution in [0.25, 0.3) is 33.2 Å². The number of H-pyrrole nitrogens is 1. The number of halogens is 1. The molecule has 0 bridgehead atoms. The van der Waals surface area contributed by atoms with Crippen LogP contribution >= 0.6 is 15.9 Å². The lowest BCUT2D eigenvalue weighted by Gasteiger charge is -2.09. The molecule has 26 heavy (non-hydrogen) atoms. The predicted molar refractivity (Wildman–Crippen MR) is 103 cm³/mol. The molecule has 0 aliphatic heterocycles. The lowest BCUT2D eigenvalue weighted by Crippen LogP contribution is -2.21. The Morgan fingerprint density at radius 2 is 1.96 bits per heavy atom. The molecule has 0 radical (unpaired) electrons. The van der Waals surface area contributed by atoms with Crippen LogP contribution in [0.5, 0.6) is 0 Å². The van der Waals surface area contributed by atoms with E-state index in [1.807, 2.05) is 48.5 Å². The summed E-state index contributed by atoms with van der Waals surface area (Å²) in [6.45, 7) is 1.88. The van der Waals surface area contributed by atoms with Gasteiger partial charge in [0.05, 0.1) is 12.1 Å². The maximum Gasteiger partial charge on any atom is 0.344 e. The van der Waals surface area contributed by atoms with E-state index in [4.69, 9.17) is 9.15 Å². The highest BCUT2D eigenvalue weighted by Gasteiger charge is 2.25. The van der Waals surface area contributed by atoms with E-state index in [1.54, 1.807) is 6.92 Å². The number of esters is 1. The zero-order chi connectivity index (χ0) is 18.3. The minimum Gasteiger partial charge on any atom is -0.462 e. The summed E-state index contributed by atoms with van der Waals surface area (Å²) in [6.07, 6.45) is 0. The van der Waals surface area contributed by atoms with Gasteiger partial charge in [0.25, 0.3) is 5.56 Å². The molecule has 0 atom stereocenters. The van der Waals surface area contributed by atoms with Crippen molar-refractivity contribution in [2.75, 3.05) is 6.61 Å². The number of furan rings is 1. The van der Waals surface area contributed by atoms with Gasteiger partial charge in [0.15, 0.2) is 5.58 Å². The van der Waals surface area contributed by atoms with Gasteiger partial charge in [-0.3, -0.25) is 4.79 Å². The van der Waals surface area contributed by atoms with E-state index >= 15 is 0 Å². The Kier molecular flexibility index (Phi) is 4.12. The molecule has 0 aliphatic carbocycles. The van der Waals surface area contributed by atoms with Gasteiger partial charge in [0.1, 0.15) is 11.1 Å². The summed E-state index contributed by atoms with van der Waals surface area (Å²) in [5.41, 5.74) is 2.23. The van der Waals surface area contributed by atoms with E-state index < -0.39 is 11.5 Å². The smallest absolute Gasteiger partial charge is 0.344 e. The molecule has 130 valence electrons. The number of ether oxygens (including phenoxy) is 1. The van der Waals surface area contributed by atoms with Crippen LogP contribution in [0.2, 0.25) is 0 Å². The highest BCUT2D eigenvalue weighted by molar-refractivity contribution is 9.10. The Balaban J connectivity index is 2.17. The van der Waals surface area contributed by atoms with Crippen LogP contribution in [-0.2, 0) is 4.74 Å². The van der Waals surface area contributed by atoms with Crippen molar-refractivity contribution < 1.29 is 13.9 Å². The number of aromatic amines is 1. The summed E-state index contributed by atoms with van der Waals surface area (Å²) < 4.78 is 12.0. The highest BCUT2D eigenvalue weighted by atomic mass is 79.9. The number of fused-ring (bicyclic) bond motifs is 3. The summed E-state index contributed by atoms with van der Waals surface area (Å²) >= 11 is 3.44. The van der Waals surface area contributed by atoms with Crippen molar-refractivity contribution in [1.29, 1.82) is 0 Å². The van der Waals surface area contributed by atoms with Gasteiger partial charge >= 0.3 is 5.97 Å². The first-order chi connectivity index (χ1) is 12.6. The van der Waals surface area contributed by atoms with Gasteiger partial charge in [-0.15, -0.1) is 0 Å². The number of rotatable bonds is 3. The number of pyridine rings is 1. The third kappa shape index (κ3) is 2.63. The summed E-state index contributed by atoms with van der Waals surface area (Å²) in [6, 6.07) is 14.8. The Hall–Kier alpha value is -2.86. The fraction of sp³-hybridized carbons (Fsp3) is 0.100. The van der Waals surface area contributed by atoms with Crippen molar-refractivity contribution in [3.05, 3.63) is 68.9 Å². The molecule has 0 unspecified atom stereocenters. The first-order valence-corrected chi connectivity index (χ1v) is 8.90. The van der Waals surface area contributed by atoms with Crippen molar-refractivity contribution in [2.24, 2.45) is 0 Å². The molecule has 0 saturated carbocycles. The summed E-state index contributed by atoms with van der Waals surface area (Å²) in [4.78, 5) is 28.0. The number of nitrogens with one attached hydrogen (secondary N) is 1. The Bertz CT molecular complexity index is 1190. The predicted octanol–water partition coefficient (Wildman–Crippen LogP) is 4.88. The van der Waals surface area contributed by atoms with E-state index in [0.29, 0.717) is 27.8 Å². The monoisotopic (exact) mass is 411 g/mol. The largest absolute Gasteiger partial charge is 0.462 e. The fourth-order valence-electron chi connectivity index (χ4n) is 3.05. The van der Waals surface area contributed by atoms with Crippen molar-refractivity contribution in [3.8, 4) is 11.1 Å². The lowest BCUT2D eigenvalue weighted by atomic mass is 10.00. The van der Waals surface area contributed by atoms with E-state index in [2.05, 4.69) is 20.9 Å². The zero-order valence-corrected chi connectivity index (χ0v) is 15.4. The van der Waals surface area contributed by atoms with Gasteiger partial charge in [-0.2, -0.15) is 0 Å². The van der Waals surface area contributed by atoms with Crippen LogP contribution < -0.4 is 5.56 Å². The molecule has 4 aromatic rings. The SMILES string of the molecule is CCOC(=O)c1c(-c2ccccc2)c2oc3ccc(Br)cc3c2[nH]c1=O. The van der Waals surface area contributed by atoms with Gasteiger partial charge in [0, 0.05) is 15.4 Å². The minimum absolute atomic E-state index is 0.0522. The molecular formula is C20H14BrNO4. The maximum atomic E-state index is 12.8. The Morgan fingerprint density at radius 1 is 1.19 bits per heavy atom. The average Bonchev–Trinajstić information content (AvgIpc) is 2.99. The molecule has 2 heterocycles. The van der Waals surface area contributed by atoms with Gasteiger partial charge in [-0.1, -0.05) is 46.3 Å². The van der Waals surface area contributed by atoms with Crippen LogP contribution in [0.1, 0.15) is 17.3 Å². The normalized spacial score (nSPS) is 11.2. The molecule has 2 aromatic carbocycles. The van der Waals surface area contributed by atoms with Crippen molar-refractivity contribution in [2.45, 2.75) is 6.92 Å². The zero-order valence-electron chi connectivity index (χ0n) is 13.8. The van der Waals surface area contributed by atoms with E-state index in [-0.39, 0.29) is 12.2 Å². The number of benzene rings is 2. The molecule has 0 spiro atoms. The molecule has 0 saturated heterocycles. The number of hydrogen-bond donors (Lipinski definition) is 1. The van der Waals surface area contributed by atoms with Gasteiger partial charge < -0.3 is 14.1 Å². The summed E-state index contributed by atoms with van der Waals surface area (Å²) in [5, 5.41) is 0.763. The number of aromatic nitrogens is 1. The molecular weight excluding hydrogens is 398 g/mol. The number of hydrogen-bond acceptors (Lipinski definition) is 4. The second-order valence-electron chi connectivity index (χ2n) is 5.74. The first-order valence-electron chi connectivity index (χ1n) is 8.10. The molecule has 0 fully saturated rings. The van der Waals surface area contributed by atoms with Gasteiger partial charge in [-0.05, 0) is 30.7 Å². The summed E-state index contributed by atoms with van der Waals surface area (Å²) in [5.74, 6) is -0.670. The fourth-order valence-corrected chi connectivity index (χ4v) is 3.41. The topological polar surface area (TPSA) is 72.3 Å². The quantitative estimate of drug-likeness (QED) is 0.487. The van der Waals surface area contributed by atoms with E-state index in [9.17, 15) is 9.59 Å². The molecule has 1 N–H and O–H groups in total. The summed E-state index contributed by atoms with van der Waals surface area (Å²) in [7, 11) is 0.